The van der Waals surface area contributed by atoms with E-state index in [-0.39, 0.29) is 5.41 Å². The van der Waals surface area contributed by atoms with Gasteiger partial charge in [0.2, 0.25) is 0 Å². The quantitative estimate of drug-likeness (QED) is 0.273. The Morgan fingerprint density at radius 1 is 1.21 bits per heavy atom. The van der Waals surface area contributed by atoms with Crippen LogP contribution in [0.1, 0.15) is 41.5 Å². The molecule has 0 aromatic carbocycles. The van der Waals surface area contributed by atoms with Crippen LogP contribution >= 0.6 is 0 Å². The summed E-state index contributed by atoms with van der Waals surface area (Å²) >= 11 is 0. The van der Waals surface area contributed by atoms with E-state index in [4.69, 9.17) is 9.47 Å². The van der Waals surface area contributed by atoms with E-state index in [0.29, 0.717) is 19.1 Å². The van der Waals surface area contributed by atoms with Crippen LogP contribution in [0, 0.1) is 11.3 Å². The Morgan fingerprint density at radius 3 is 2.32 bits per heavy atom. The van der Waals surface area contributed by atoms with Gasteiger partial charge in [0.1, 0.15) is 12.4 Å². The minimum atomic E-state index is 0.0510. The predicted molar refractivity (Wildman–Crippen MR) is 83.1 cm³/mol. The molecule has 0 aromatic heterocycles. The van der Waals surface area contributed by atoms with Crippen LogP contribution in [0.2, 0.25) is 0 Å². The number of rotatable bonds is 8. The predicted octanol–water partition coefficient (Wildman–Crippen LogP) is 4.74. The van der Waals surface area contributed by atoms with Gasteiger partial charge in [-0.25, -0.2) is 0 Å². The van der Waals surface area contributed by atoms with Gasteiger partial charge in [-0.1, -0.05) is 45.4 Å². The zero-order chi connectivity index (χ0) is 14.9. The van der Waals surface area contributed by atoms with Crippen molar-refractivity contribution < 1.29 is 9.47 Å². The lowest BCUT2D eigenvalue weighted by Crippen LogP contribution is -2.09. The molecule has 0 aliphatic carbocycles. The van der Waals surface area contributed by atoms with Crippen LogP contribution < -0.4 is 0 Å². The SMILES string of the molecule is C/C=C(/C)C(C)(C)/C=C\C(=C/C(C)C)OCCOC. The first-order valence-electron chi connectivity index (χ1n) is 6.99. The molecule has 0 bridgehead atoms. The van der Waals surface area contributed by atoms with Crippen LogP contribution in [0.3, 0.4) is 0 Å². The Labute approximate surface area is 119 Å². The zero-order valence-corrected chi connectivity index (χ0v) is 13.6. The van der Waals surface area contributed by atoms with Gasteiger partial charge in [-0.2, -0.15) is 0 Å². The monoisotopic (exact) mass is 266 g/mol. The third kappa shape index (κ3) is 7.89. The first kappa shape index (κ1) is 18.0. The minimum Gasteiger partial charge on any atom is -0.492 e. The van der Waals surface area contributed by atoms with Gasteiger partial charge >= 0.3 is 0 Å². The first-order chi connectivity index (χ1) is 8.83. The first-order valence-corrected chi connectivity index (χ1v) is 6.99. The van der Waals surface area contributed by atoms with Gasteiger partial charge in [-0.3, -0.25) is 0 Å². The van der Waals surface area contributed by atoms with Gasteiger partial charge in [0.25, 0.3) is 0 Å². The topological polar surface area (TPSA) is 18.5 Å². The molecule has 0 N–H and O–H groups in total. The molecule has 0 heterocycles. The molecule has 0 amide bonds. The smallest absolute Gasteiger partial charge is 0.115 e. The van der Waals surface area contributed by atoms with E-state index in [1.165, 1.54) is 5.57 Å². The summed E-state index contributed by atoms with van der Waals surface area (Å²) in [7, 11) is 1.68. The van der Waals surface area contributed by atoms with Crippen LogP contribution in [0.4, 0.5) is 0 Å². The van der Waals surface area contributed by atoms with Gasteiger partial charge in [0.15, 0.2) is 0 Å². The van der Waals surface area contributed by atoms with Crippen molar-refractivity contribution in [2.75, 3.05) is 20.3 Å². The van der Waals surface area contributed by atoms with E-state index in [1.54, 1.807) is 7.11 Å². The second kappa shape index (κ2) is 8.98. The third-order valence-electron chi connectivity index (χ3n) is 3.17. The molecule has 0 unspecified atom stereocenters. The van der Waals surface area contributed by atoms with Gasteiger partial charge in [0.05, 0.1) is 6.61 Å². The van der Waals surface area contributed by atoms with Crippen molar-refractivity contribution in [3.63, 3.8) is 0 Å². The highest BCUT2D eigenvalue weighted by Gasteiger charge is 2.15. The maximum Gasteiger partial charge on any atom is 0.115 e. The maximum absolute atomic E-state index is 5.73. The normalized spacial score (nSPS) is 14.5. The number of hydrogen-bond acceptors (Lipinski definition) is 2. The molecule has 0 radical (unpaired) electrons. The Hall–Kier alpha value is -1.02. The molecule has 0 saturated carbocycles. The highest BCUT2D eigenvalue weighted by molar-refractivity contribution is 5.22. The molecule has 0 saturated heterocycles. The van der Waals surface area contributed by atoms with E-state index in [0.717, 1.165) is 5.76 Å². The third-order valence-corrected chi connectivity index (χ3v) is 3.17. The summed E-state index contributed by atoms with van der Waals surface area (Å²) in [6, 6.07) is 0. The standard InChI is InChI=1S/C17H30O2/c1-8-15(4)17(5,6)10-9-16(13-14(2)3)19-12-11-18-7/h8-10,13-14H,11-12H2,1-7H3/b10-9-,15-8-,16-13+. The van der Waals surface area contributed by atoms with Gasteiger partial charge < -0.3 is 9.47 Å². The fourth-order valence-corrected chi connectivity index (χ4v) is 1.52. The fraction of sp³-hybridized carbons (Fsp3) is 0.647. The van der Waals surface area contributed by atoms with Crippen molar-refractivity contribution in [1.82, 2.24) is 0 Å². The second-order valence-electron chi connectivity index (χ2n) is 5.68. The summed E-state index contributed by atoms with van der Waals surface area (Å²) in [6.07, 6.45) is 8.56. The van der Waals surface area contributed by atoms with E-state index >= 15 is 0 Å². The molecule has 0 aliphatic heterocycles. The van der Waals surface area contributed by atoms with E-state index in [9.17, 15) is 0 Å². The van der Waals surface area contributed by atoms with E-state index in [1.807, 2.05) is 0 Å². The summed E-state index contributed by atoms with van der Waals surface area (Å²) in [6.45, 7) is 14.1. The highest BCUT2D eigenvalue weighted by atomic mass is 16.5. The molecule has 2 nitrogen and oxygen atoms in total. The van der Waals surface area contributed by atoms with Crippen LogP contribution in [0.5, 0.6) is 0 Å². The van der Waals surface area contributed by atoms with Crippen LogP contribution in [0.15, 0.2) is 35.6 Å². The average molecular weight is 266 g/mol. The number of methoxy groups -OCH3 is 1. The maximum atomic E-state index is 5.73. The lowest BCUT2D eigenvalue weighted by Gasteiger charge is -2.21. The summed E-state index contributed by atoms with van der Waals surface area (Å²) in [5.74, 6) is 1.39. The molecule has 0 atom stereocenters. The molecule has 19 heavy (non-hydrogen) atoms. The molecule has 0 fully saturated rings. The van der Waals surface area contributed by atoms with Crippen molar-refractivity contribution >= 4 is 0 Å². The molecular weight excluding hydrogens is 236 g/mol. The van der Waals surface area contributed by atoms with E-state index in [2.05, 4.69) is 65.8 Å². The highest BCUT2D eigenvalue weighted by Crippen LogP contribution is 2.28. The number of allylic oxidation sites excluding steroid dienone is 5. The van der Waals surface area contributed by atoms with Gasteiger partial charge in [0, 0.05) is 12.5 Å². The number of ether oxygens (including phenoxy) is 2. The Balaban J connectivity index is 4.81. The number of hydrogen-bond donors (Lipinski definition) is 0. The second-order valence-corrected chi connectivity index (χ2v) is 5.68. The Kier molecular flexibility index (Phi) is 8.49. The van der Waals surface area contributed by atoms with Crippen molar-refractivity contribution in [3.05, 3.63) is 35.6 Å². The fourth-order valence-electron chi connectivity index (χ4n) is 1.52. The molecule has 2 heteroatoms. The molecule has 0 spiro atoms. The Morgan fingerprint density at radius 2 is 1.84 bits per heavy atom. The lowest BCUT2D eigenvalue weighted by atomic mass is 9.84. The molecule has 0 rings (SSSR count). The van der Waals surface area contributed by atoms with Crippen molar-refractivity contribution in [2.24, 2.45) is 11.3 Å². The largest absolute Gasteiger partial charge is 0.492 e. The van der Waals surface area contributed by atoms with E-state index < -0.39 is 0 Å². The molecule has 110 valence electrons. The van der Waals surface area contributed by atoms with Crippen molar-refractivity contribution in [1.29, 1.82) is 0 Å². The van der Waals surface area contributed by atoms with Crippen molar-refractivity contribution in [2.45, 2.75) is 41.5 Å². The molecule has 0 aliphatic rings. The van der Waals surface area contributed by atoms with Crippen molar-refractivity contribution in [3.8, 4) is 0 Å². The summed E-state index contributed by atoms with van der Waals surface area (Å²) < 4.78 is 10.7. The van der Waals surface area contributed by atoms with Gasteiger partial charge in [-0.15, -0.1) is 0 Å². The van der Waals surface area contributed by atoms with Crippen LogP contribution in [0.25, 0.3) is 0 Å². The summed E-state index contributed by atoms with van der Waals surface area (Å²) in [4.78, 5) is 0. The molecule has 0 aromatic rings. The van der Waals surface area contributed by atoms with Crippen LogP contribution in [-0.4, -0.2) is 20.3 Å². The summed E-state index contributed by atoms with van der Waals surface area (Å²) in [5, 5.41) is 0. The minimum absolute atomic E-state index is 0.0510. The zero-order valence-electron chi connectivity index (χ0n) is 13.6. The summed E-state index contributed by atoms with van der Waals surface area (Å²) in [5.41, 5.74) is 1.40. The van der Waals surface area contributed by atoms with Gasteiger partial charge in [-0.05, 0) is 31.9 Å². The average Bonchev–Trinajstić information content (AvgIpc) is 2.34. The Bertz CT molecular complexity index is 333. The molecular formula is C17H30O2. The van der Waals surface area contributed by atoms with Crippen LogP contribution in [-0.2, 0) is 9.47 Å². The lowest BCUT2D eigenvalue weighted by molar-refractivity contribution is 0.113.